The Bertz CT molecular complexity index is 172. The maximum atomic E-state index is 9.79. The van der Waals surface area contributed by atoms with Crippen molar-refractivity contribution in [3.8, 4) is 0 Å². The highest BCUT2D eigenvalue weighted by Gasteiger charge is 2.41. The zero-order valence-electron chi connectivity index (χ0n) is 9.01. The average molecular weight is 204 g/mol. The third kappa shape index (κ3) is 2.25. The number of hydrogen-bond donors (Lipinski definition) is 2. The molecule has 0 radical (unpaired) electrons. The number of aliphatic hydroxyl groups excluding tert-OH is 2. The van der Waals surface area contributed by atoms with Crippen LogP contribution in [0, 0.1) is 5.92 Å². The van der Waals surface area contributed by atoms with Crippen LogP contribution in [-0.4, -0.2) is 41.4 Å². The fourth-order valence-corrected chi connectivity index (χ4v) is 1.96. The molecule has 0 bridgehead atoms. The predicted molar refractivity (Wildman–Crippen MR) is 51.8 cm³/mol. The van der Waals surface area contributed by atoms with E-state index < -0.39 is 18.5 Å². The van der Waals surface area contributed by atoms with Crippen molar-refractivity contribution in [3.05, 3.63) is 0 Å². The molecule has 1 saturated heterocycles. The van der Waals surface area contributed by atoms with Gasteiger partial charge in [-0.15, -0.1) is 0 Å². The van der Waals surface area contributed by atoms with Gasteiger partial charge >= 0.3 is 0 Å². The molecule has 1 heterocycles. The van der Waals surface area contributed by atoms with Crippen LogP contribution in [0.5, 0.6) is 0 Å². The summed E-state index contributed by atoms with van der Waals surface area (Å²) in [7, 11) is 0. The zero-order chi connectivity index (χ0) is 10.7. The van der Waals surface area contributed by atoms with E-state index in [0.29, 0.717) is 6.61 Å². The van der Waals surface area contributed by atoms with E-state index in [1.165, 1.54) is 0 Å². The Morgan fingerprint density at radius 1 is 1.21 bits per heavy atom. The lowest BCUT2D eigenvalue weighted by Crippen LogP contribution is -2.54. The van der Waals surface area contributed by atoms with Crippen molar-refractivity contribution < 1.29 is 19.7 Å². The Morgan fingerprint density at radius 3 is 2.36 bits per heavy atom. The minimum Gasteiger partial charge on any atom is -0.390 e. The fraction of sp³-hybridized carbons (Fsp3) is 1.00. The van der Waals surface area contributed by atoms with E-state index in [4.69, 9.17) is 9.47 Å². The van der Waals surface area contributed by atoms with Crippen molar-refractivity contribution in [3.63, 3.8) is 0 Å². The average Bonchev–Trinajstić information content (AvgIpc) is 2.15. The van der Waals surface area contributed by atoms with Crippen LogP contribution in [0.25, 0.3) is 0 Å². The molecule has 0 aromatic heterocycles. The van der Waals surface area contributed by atoms with E-state index in [-0.39, 0.29) is 12.0 Å². The highest BCUT2D eigenvalue weighted by Crippen LogP contribution is 2.28. The predicted octanol–water partition coefficient (Wildman–Crippen LogP) is 0.516. The molecule has 5 atom stereocenters. The molecule has 0 amide bonds. The summed E-state index contributed by atoms with van der Waals surface area (Å²) in [5.41, 5.74) is 0. The smallest absolute Gasteiger partial charge is 0.186 e. The summed E-state index contributed by atoms with van der Waals surface area (Å²) in [6, 6.07) is 0. The number of aliphatic hydroxyl groups is 2. The summed E-state index contributed by atoms with van der Waals surface area (Å²) in [5.74, 6) is -0.0123. The molecule has 0 aromatic carbocycles. The lowest BCUT2D eigenvalue weighted by Gasteiger charge is -2.41. The van der Waals surface area contributed by atoms with Gasteiger partial charge in [-0.1, -0.05) is 6.92 Å². The molecule has 0 aliphatic carbocycles. The van der Waals surface area contributed by atoms with Gasteiger partial charge in [0, 0.05) is 12.5 Å². The maximum absolute atomic E-state index is 9.79. The first-order valence-corrected chi connectivity index (χ1v) is 5.25. The summed E-state index contributed by atoms with van der Waals surface area (Å²) in [6.45, 7) is 6.17. The van der Waals surface area contributed by atoms with Gasteiger partial charge in [-0.25, -0.2) is 0 Å². The van der Waals surface area contributed by atoms with E-state index in [1.54, 1.807) is 0 Å². The molecule has 0 spiro atoms. The largest absolute Gasteiger partial charge is 0.390 e. The highest BCUT2D eigenvalue weighted by molar-refractivity contribution is 4.86. The van der Waals surface area contributed by atoms with Crippen LogP contribution in [0.4, 0.5) is 0 Å². The summed E-state index contributed by atoms with van der Waals surface area (Å²) in [6.07, 6.45) is -1.66. The zero-order valence-corrected chi connectivity index (χ0v) is 9.01. The molecule has 1 rings (SSSR count). The van der Waals surface area contributed by atoms with E-state index in [1.807, 2.05) is 20.8 Å². The fourth-order valence-electron chi connectivity index (χ4n) is 1.96. The Balaban J connectivity index is 2.62. The lowest BCUT2D eigenvalue weighted by molar-refractivity contribution is -0.281. The van der Waals surface area contributed by atoms with Crippen LogP contribution in [-0.2, 0) is 9.47 Å². The van der Waals surface area contributed by atoms with Gasteiger partial charge in [0.1, 0.15) is 6.10 Å². The monoisotopic (exact) mass is 204 g/mol. The van der Waals surface area contributed by atoms with Gasteiger partial charge in [0.15, 0.2) is 6.29 Å². The standard InChI is InChI=1S/C10H20O4/c1-4-7-6(3)14-10(13-5-2)9(12)8(7)11/h6-12H,4-5H2,1-3H3/t6?,7?,8?,9?,10-/m1/s1. The number of rotatable bonds is 3. The molecule has 1 aliphatic rings. The maximum Gasteiger partial charge on any atom is 0.186 e. The van der Waals surface area contributed by atoms with E-state index >= 15 is 0 Å². The van der Waals surface area contributed by atoms with Gasteiger partial charge < -0.3 is 19.7 Å². The number of ether oxygens (including phenoxy) is 2. The van der Waals surface area contributed by atoms with Crippen LogP contribution in [0.2, 0.25) is 0 Å². The van der Waals surface area contributed by atoms with Crippen LogP contribution >= 0.6 is 0 Å². The van der Waals surface area contributed by atoms with E-state index in [0.717, 1.165) is 6.42 Å². The van der Waals surface area contributed by atoms with Gasteiger partial charge in [-0.3, -0.25) is 0 Å². The molecule has 1 fully saturated rings. The van der Waals surface area contributed by atoms with Gasteiger partial charge in [-0.2, -0.15) is 0 Å². The Morgan fingerprint density at radius 2 is 1.86 bits per heavy atom. The number of hydrogen-bond acceptors (Lipinski definition) is 4. The molecule has 4 unspecified atom stereocenters. The quantitative estimate of drug-likeness (QED) is 0.703. The Kier molecular flexibility index (Phi) is 4.31. The molecule has 1 aliphatic heterocycles. The molecular formula is C10H20O4. The van der Waals surface area contributed by atoms with Crippen molar-refractivity contribution in [2.75, 3.05) is 6.61 Å². The van der Waals surface area contributed by atoms with Crippen LogP contribution in [0.15, 0.2) is 0 Å². The molecule has 0 saturated carbocycles. The van der Waals surface area contributed by atoms with Crippen molar-refractivity contribution in [2.45, 2.75) is 51.8 Å². The first-order valence-electron chi connectivity index (χ1n) is 5.25. The third-order valence-corrected chi connectivity index (χ3v) is 2.82. The van der Waals surface area contributed by atoms with Crippen LogP contribution in [0.1, 0.15) is 27.2 Å². The van der Waals surface area contributed by atoms with Gasteiger partial charge in [-0.05, 0) is 20.3 Å². The molecule has 0 aromatic rings. The molecule has 4 heteroatoms. The summed E-state index contributed by atoms with van der Waals surface area (Å²) < 4.78 is 10.7. The first-order chi connectivity index (χ1) is 6.61. The van der Waals surface area contributed by atoms with Crippen LogP contribution in [0.3, 0.4) is 0 Å². The molecule has 2 N–H and O–H groups in total. The Hall–Kier alpha value is -0.160. The van der Waals surface area contributed by atoms with Crippen molar-refractivity contribution in [1.82, 2.24) is 0 Å². The van der Waals surface area contributed by atoms with Gasteiger partial charge in [0.2, 0.25) is 0 Å². The molecule has 4 nitrogen and oxygen atoms in total. The first kappa shape index (κ1) is 11.9. The van der Waals surface area contributed by atoms with E-state index in [2.05, 4.69) is 0 Å². The summed E-state index contributed by atoms with van der Waals surface area (Å²) in [5, 5.41) is 19.5. The summed E-state index contributed by atoms with van der Waals surface area (Å²) in [4.78, 5) is 0. The SMILES string of the molecule is CCO[C@@H]1OC(C)C(CC)C(O)C1O. The topological polar surface area (TPSA) is 58.9 Å². The normalized spacial score (nSPS) is 43.9. The minimum atomic E-state index is -0.934. The van der Waals surface area contributed by atoms with Gasteiger partial charge in [0.05, 0.1) is 12.2 Å². The van der Waals surface area contributed by atoms with Crippen molar-refractivity contribution in [1.29, 1.82) is 0 Å². The van der Waals surface area contributed by atoms with Crippen LogP contribution < -0.4 is 0 Å². The van der Waals surface area contributed by atoms with Gasteiger partial charge in [0.25, 0.3) is 0 Å². The second-order valence-corrected chi connectivity index (χ2v) is 3.72. The second kappa shape index (κ2) is 5.07. The third-order valence-electron chi connectivity index (χ3n) is 2.82. The lowest BCUT2D eigenvalue weighted by atomic mass is 9.88. The minimum absolute atomic E-state index is 0.0123. The highest BCUT2D eigenvalue weighted by atomic mass is 16.7. The molecule has 84 valence electrons. The molecular weight excluding hydrogens is 184 g/mol. The summed E-state index contributed by atoms with van der Waals surface area (Å²) >= 11 is 0. The second-order valence-electron chi connectivity index (χ2n) is 3.72. The van der Waals surface area contributed by atoms with Crippen molar-refractivity contribution in [2.24, 2.45) is 5.92 Å². The van der Waals surface area contributed by atoms with E-state index in [9.17, 15) is 10.2 Å². The Labute approximate surface area is 84.8 Å². The molecule has 14 heavy (non-hydrogen) atoms. The van der Waals surface area contributed by atoms with Crippen molar-refractivity contribution >= 4 is 0 Å².